The van der Waals surface area contributed by atoms with Crippen LogP contribution in [0.25, 0.3) is 0 Å². The summed E-state index contributed by atoms with van der Waals surface area (Å²) in [5.41, 5.74) is 7.10. The first kappa shape index (κ1) is 21.2. The van der Waals surface area contributed by atoms with E-state index in [1.807, 2.05) is 0 Å². The highest BCUT2D eigenvalue weighted by Gasteiger charge is 2.25. The van der Waals surface area contributed by atoms with Crippen LogP contribution in [-0.4, -0.2) is 18.9 Å². The van der Waals surface area contributed by atoms with E-state index in [4.69, 9.17) is 22.3 Å². The summed E-state index contributed by atoms with van der Waals surface area (Å²) in [5.74, 6) is 1.24. The van der Waals surface area contributed by atoms with Crippen molar-refractivity contribution in [3.05, 3.63) is 70.5 Å². The normalized spacial score (nSPS) is 11.0. The zero-order chi connectivity index (χ0) is 18.4. The molecule has 0 aliphatic carbocycles. The van der Waals surface area contributed by atoms with E-state index in [1.165, 1.54) is 19.2 Å². The zero-order valence-electron chi connectivity index (χ0n) is 14.1. The van der Waals surface area contributed by atoms with Gasteiger partial charge in [0, 0.05) is 30.3 Å². The molecule has 1 atom stereocenters. The van der Waals surface area contributed by atoms with E-state index in [1.54, 1.807) is 30.3 Å². The number of methoxy groups -OCH3 is 1. The lowest BCUT2D eigenvalue weighted by molar-refractivity contribution is -0.131. The third-order valence-corrected chi connectivity index (χ3v) is 3.68. The lowest BCUT2D eigenvalue weighted by atomic mass is 10.0. The second-order valence-corrected chi connectivity index (χ2v) is 5.29. The summed E-state index contributed by atoms with van der Waals surface area (Å²) in [5, 5.41) is 10.0. The van der Waals surface area contributed by atoms with Gasteiger partial charge in [0.25, 0.3) is 5.91 Å². The van der Waals surface area contributed by atoms with Crippen LogP contribution in [0.15, 0.2) is 42.5 Å². The van der Waals surface area contributed by atoms with Crippen LogP contribution in [0, 0.1) is 23.6 Å². The van der Waals surface area contributed by atoms with Gasteiger partial charge in [-0.05, 0) is 17.7 Å². The number of nitrogens with one attached hydrogen (secondary N) is 2. The third-order valence-electron chi connectivity index (χ3n) is 3.68. The molecule has 0 radical (unpaired) electrons. The quantitative estimate of drug-likeness (QED) is 0.412. The van der Waals surface area contributed by atoms with E-state index in [2.05, 4.69) is 11.2 Å². The fourth-order valence-electron chi connectivity index (χ4n) is 2.37. The number of nitrogen functional groups attached to an aromatic ring is 1. The second-order valence-electron chi connectivity index (χ2n) is 5.29. The van der Waals surface area contributed by atoms with Crippen LogP contribution in [0.1, 0.15) is 28.4 Å². The van der Waals surface area contributed by atoms with Gasteiger partial charge in [0.2, 0.25) is 0 Å². The van der Waals surface area contributed by atoms with Crippen molar-refractivity contribution in [2.24, 2.45) is 5.73 Å². The van der Waals surface area contributed by atoms with Gasteiger partial charge < -0.3 is 15.8 Å². The van der Waals surface area contributed by atoms with Crippen molar-refractivity contribution in [2.45, 2.75) is 12.6 Å². The van der Waals surface area contributed by atoms with Crippen molar-refractivity contribution in [1.82, 2.24) is 5.32 Å². The van der Waals surface area contributed by atoms with Crippen LogP contribution in [0.3, 0.4) is 0 Å². The molecule has 0 saturated heterocycles. The van der Waals surface area contributed by atoms with Gasteiger partial charge in [-0.2, -0.15) is 0 Å². The zero-order valence-corrected chi connectivity index (χ0v) is 14.9. The maximum absolute atomic E-state index is 14.1. The van der Waals surface area contributed by atoms with Crippen molar-refractivity contribution in [3.63, 3.8) is 0 Å². The first-order valence-electron chi connectivity index (χ1n) is 7.46. The first-order valence-corrected chi connectivity index (χ1v) is 7.46. The van der Waals surface area contributed by atoms with Crippen LogP contribution in [0.5, 0.6) is 0 Å². The Morgan fingerprint density at radius 3 is 2.54 bits per heavy atom. The number of hydrogen-bond donors (Lipinski definition) is 3. The molecule has 4 N–H and O–H groups in total. The highest BCUT2D eigenvalue weighted by atomic mass is 35.5. The molecule has 0 spiro atoms. The lowest BCUT2D eigenvalue weighted by Gasteiger charge is -2.18. The Balaban J connectivity index is 0.00000338. The monoisotopic (exact) mass is 375 g/mol. The number of terminal acetylenes is 1. The van der Waals surface area contributed by atoms with Gasteiger partial charge in [-0.3, -0.25) is 10.2 Å². The first-order chi connectivity index (χ1) is 12.0. The maximum Gasteiger partial charge on any atom is 0.254 e. The molecule has 0 saturated carbocycles. The topological polar surface area (TPSA) is 88.2 Å². The molecule has 1 amide bonds. The number of rotatable bonds is 6. The van der Waals surface area contributed by atoms with Crippen molar-refractivity contribution >= 4 is 24.1 Å². The molecule has 0 aromatic heterocycles. The molecule has 136 valence electrons. The van der Waals surface area contributed by atoms with Crippen molar-refractivity contribution in [1.29, 1.82) is 5.41 Å². The number of ether oxygens (including phenoxy) is 1. The van der Waals surface area contributed by atoms with Crippen LogP contribution in [0.2, 0.25) is 0 Å². The van der Waals surface area contributed by atoms with Crippen LogP contribution < -0.4 is 11.1 Å². The summed E-state index contributed by atoms with van der Waals surface area (Å²) in [6.45, 7) is 0.219. The van der Waals surface area contributed by atoms with Gasteiger partial charge >= 0.3 is 0 Å². The number of hydrogen-bond acceptors (Lipinski definition) is 3. The summed E-state index contributed by atoms with van der Waals surface area (Å²) in [7, 11) is 1.32. The Morgan fingerprint density at radius 1 is 1.35 bits per heavy atom. The number of carbonyl (C=O) groups excluding carboxylic acids is 1. The SMILES string of the molecule is C#Cc1cccc(F)c1C(OC)C(=O)NCc1ccc(C(=N)N)cc1.Cl. The maximum atomic E-state index is 14.1. The van der Waals surface area contributed by atoms with Gasteiger partial charge in [-0.15, -0.1) is 18.8 Å². The molecule has 5 nitrogen and oxygen atoms in total. The van der Waals surface area contributed by atoms with E-state index in [0.717, 1.165) is 5.56 Å². The van der Waals surface area contributed by atoms with Gasteiger partial charge in [0.1, 0.15) is 11.7 Å². The molecule has 2 aromatic carbocycles. The van der Waals surface area contributed by atoms with E-state index < -0.39 is 17.8 Å². The van der Waals surface area contributed by atoms with Crippen molar-refractivity contribution < 1.29 is 13.9 Å². The fourth-order valence-corrected chi connectivity index (χ4v) is 2.37. The van der Waals surface area contributed by atoms with E-state index in [-0.39, 0.29) is 35.9 Å². The smallest absolute Gasteiger partial charge is 0.254 e. The molecular weight excluding hydrogens is 357 g/mol. The Bertz CT molecular complexity index is 832. The summed E-state index contributed by atoms with van der Waals surface area (Å²) in [4.78, 5) is 12.4. The standard InChI is InChI=1S/C19H18FN3O2.ClH/c1-3-13-5-4-6-15(20)16(13)17(25-2)19(24)23-11-12-7-9-14(10-8-12)18(21)22;/h1,4-10,17H,11H2,2H3,(H3,21,22)(H,23,24);1H. The largest absolute Gasteiger partial charge is 0.384 e. The number of amides is 1. The molecule has 0 bridgehead atoms. The molecule has 0 heterocycles. The molecule has 1 unspecified atom stereocenters. The van der Waals surface area contributed by atoms with Gasteiger partial charge in [-0.1, -0.05) is 36.3 Å². The average molecular weight is 376 g/mol. The number of amidine groups is 1. The minimum absolute atomic E-state index is 0. The highest BCUT2D eigenvalue weighted by Crippen LogP contribution is 2.24. The number of nitrogens with two attached hydrogens (primary N) is 1. The molecule has 2 rings (SSSR count). The minimum atomic E-state index is -1.15. The summed E-state index contributed by atoms with van der Waals surface area (Å²) in [6, 6.07) is 11.1. The predicted octanol–water partition coefficient (Wildman–Crippen LogP) is 2.52. The summed E-state index contributed by atoms with van der Waals surface area (Å²) < 4.78 is 19.3. The molecule has 0 aliphatic heterocycles. The average Bonchev–Trinajstić information content (AvgIpc) is 2.62. The third kappa shape index (κ3) is 4.82. The van der Waals surface area contributed by atoms with E-state index >= 15 is 0 Å². The van der Waals surface area contributed by atoms with Crippen LogP contribution in [-0.2, 0) is 16.1 Å². The predicted molar refractivity (Wildman–Crippen MR) is 101 cm³/mol. The molecule has 7 heteroatoms. The lowest BCUT2D eigenvalue weighted by Crippen LogP contribution is -2.31. The van der Waals surface area contributed by atoms with Gasteiger partial charge in [-0.25, -0.2) is 4.39 Å². The van der Waals surface area contributed by atoms with Crippen molar-refractivity contribution in [2.75, 3.05) is 7.11 Å². The number of carbonyl (C=O) groups is 1. The molecule has 26 heavy (non-hydrogen) atoms. The van der Waals surface area contributed by atoms with Gasteiger partial charge in [0.15, 0.2) is 6.10 Å². The second kappa shape index (κ2) is 9.56. The Hall–Kier alpha value is -2.88. The van der Waals surface area contributed by atoms with Gasteiger partial charge in [0.05, 0.1) is 0 Å². The van der Waals surface area contributed by atoms with Crippen molar-refractivity contribution in [3.8, 4) is 12.3 Å². The molecule has 2 aromatic rings. The Kier molecular flexibility index (Phi) is 7.78. The van der Waals surface area contributed by atoms with E-state index in [9.17, 15) is 9.18 Å². The van der Waals surface area contributed by atoms with Crippen LogP contribution in [0.4, 0.5) is 4.39 Å². The van der Waals surface area contributed by atoms with Crippen LogP contribution >= 0.6 is 12.4 Å². The molecule has 0 aliphatic rings. The molecular formula is C19H19ClFN3O2. The summed E-state index contributed by atoms with van der Waals surface area (Å²) in [6.07, 6.45) is 4.23. The molecule has 0 fully saturated rings. The summed E-state index contributed by atoms with van der Waals surface area (Å²) >= 11 is 0. The van der Waals surface area contributed by atoms with E-state index in [0.29, 0.717) is 5.56 Å². The highest BCUT2D eigenvalue weighted by molar-refractivity contribution is 5.94. The number of benzene rings is 2. The fraction of sp³-hybridized carbons (Fsp3) is 0.158. The minimum Gasteiger partial charge on any atom is -0.384 e. The Labute approximate surface area is 157 Å². The Morgan fingerprint density at radius 2 is 2.00 bits per heavy atom. The number of halogens is 2.